The maximum absolute atomic E-state index is 14.6. The molecule has 0 fully saturated rings. The highest BCUT2D eigenvalue weighted by Gasteiger charge is 2.34. The van der Waals surface area contributed by atoms with E-state index in [0.29, 0.717) is 29.9 Å². The third-order valence-corrected chi connectivity index (χ3v) is 8.97. The van der Waals surface area contributed by atoms with Gasteiger partial charge in [-0.2, -0.15) is 9.40 Å². The molecule has 0 unspecified atom stereocenters. The molecule has 38 heavy (non-hydrogen) atoms. The molecule has 0 aliphatic carbocycles. The van der Waals surface area contributed by atoms with Crippen LogP contribution < -0.4 is 4.90 Å². The van der Waals surface area contributed by atoms with Crippen LogP contribution in [0.15, 0.2) is 77.7 Å². The van der Waals surface area contributed by atoms with Gasteiger partial charge < -0.3 is 4.90 Å². The van der Waals surface area contributed by atoms with Crippen LogP contribution in [0, 0.1) is 19.7 Å². The molecule has 0 spiro atoms. The molecule has 0 radical (unpaired) electrons. The van der Waals surface area contributed by atoms with Crippen molar-refractivity contribution in [2.24, 2.45) is 7.05 Å². The van der Waals surface area contributed by atoms with Crippen molar-refractivity contribution >= 4 is 21.6 Å². The van der Waals surface area contributed by atoms with Gasteiger partial charge in [-0.15, -0.1) is 0 Å². The van der Waals surface area contributed by atoms with E-state index in [1.165, 1.54) is 21.3 Å². The monoisotopic (exact) mass is 532 g/mol. The van der Waals surface area contributed by atoms with Gasteiger partial charge >= 0.3 is 0 Å². The first-order chi connectivity index (χ1) is 18.2. The Morgan fingerprint density at radius 3 is 2.45 bits per heavy atom. The number of carbonyl (C=O) groups excluding carboxylic acids is 1. The number of nitrogens with zero attached hydrogens (tertiary/aromatic N) is 4. The van der Waals surface area contributed by atoms with E-state index in [2.05, 4.69) is 5.10 Å². The average Bonchev–Trinajstić information content (AvgIpc) is 3.22. The summed E-state index contributed by atoms with van der Waals surface area (Å²) in [5.74, 6) is -1.10. The molecular formula is C29H29FN4O3S. The third-order valence-electron chi connectivity index (χ3n) is 6.96. The number of aryl methyl sites for hydroxylation is 3. The Morgan fingerprint density at radius 2 is 1.74 bits per heavy atom. The van der Waals surface area contributed by atoms with Gasteiger partial charge in [-0.1, -0.05) is 48.0 Å². The van der Waals surface area contributed by atoms with E-state index >= 15 is 0 Å². The van der Waals surface area contributed by atoms with Crippen LogP contribution in [-0.4, -0.2) is 35.0 Å². The van der Waals surface area contributed by atoms with Gasteiger partial charge in [-0.05, 0) is 49.7 Å². The lowest BCUT2D eigenvalue weighted by Gasteiger charge is -2.28. The van der Waals surface area contributed by atoms with Crippen LogP contribution in [0.5, 0.6) is 0 Å². The fourth-order valence-corrected chi connectivity index (χ4v) is 6.64. The Balaban J connectivity index is 1.51. The van der Waals surface area contributed by atoms with Crippen LogP contribution >= 0.6 is 0 Å². The fraction of sp³-hybridized carbons (Fsp3) is 0.241. The number of fused-ring (bicyclic) bond motifs is 1. The minimum atomic E-state index is -3.74. The highest BCUT2D eigenvalue weighted by Crippen LogP contribution is 2.30. The number of anilines is 1. The molecule has 1 amide bonds. The van der Waals surface area contributed by atoms with Crippen molar-refractivity contribution < 1.29 is 17.6 Å². The summed E-state index contributed by atoms with van der Waals surface area (Å²) in [5, 5.41) is 4.68. The third kappa shape index (κ3) is 4.75. The van der Waals surface area contributed by atoms with Crippen LogP contribution in [0.1, 0.15) is 38.4 Å². The molecule has 2 heterocycles. The van der Waals surface area contributed by atoms with Crippen molar-refractivity contribution in [2.45, 2.75) is 38.3 Å². The largest absolute Gasteiger partial charge is 0.302 e. The molecule has 1 aromatic heterocycles. The molecule has 0 atom stereocenters. The lowest BCUT2D eigenvalue weighted by atomic mass is 10.1. The van der Waals surface area contributed by atoms with Crippen LogP contribution in [0.3, 0.4) is 0 Å². The van der Waals surface area contributed by atoms with Crippen LogP contribution in [0.25, 0.3) is 0 Å². The normalized spacial score (nSPS) is 13.8. The van der Waals surface area contributed by atoms with Crippen LogP contribution in [0.4, 0.5) is 10.1 Å². The van der Waals surface area contributed by atoms with Gasteiger partial charge in [0.15, 0.2) is 0 Å². The molecule has 0 saturated heterocycles. The van der Waals surface area contributed by atoms with Gasteiger partial charge in [0, 0.05) is 43.5 Å². The van der Waals surface area contributed by atoms with Crippen molar-refractivity contribution in [2.75, 3.05) is 11.4 Å². The maximum atomic E-state index is 14.6. The molecule has 5 rings (SSSR count). The number of rotatable bonds is 6. The summed E-state index contributed by atoms with van der Waals surface area (Å²) < 4.78 is 45.0. The Bertz CT molecular complexity index is 1620. The van der Waals surface area contributed by atoms with E-state index in [9.17, 15) is 17.6 Å². The fourth-order valence-electron chi connectivity index (χ4n) is 5.02. The minimum absolute atomic E-state index is 0.0415. The number of para-hydroxylation sites is 1. The second-order valence-corrected chi connectivity index (χ2v) is 11.5. The summed E-state index contributed by atoms with van der Waals surface area (Å²) in [6, 6.07) is 20.2. The summed E-state index contributed by atoms with van der Waals surface area (Å²) in [7, 11) is -1.92. The van der Waals surface area contributed by atoms with E-state index in [1.807, 2.05) is 38.2 Å². The van der Waals surface area contributed by atoms with E-state index in [0.717, 1.165) is 16.8 Å². The van der Waals surface area contributed by atoms with Crippen molar-refractivity contribution in [3.8, 4) is 0 Å². The molecular weight excluding hydrogens is 503 g/mol. The number of carbonyl (C=O) groups is 1. The Labute approximate surface area is 222 Å². The van der Waals surface area contributed by atoms with Gasteiger partial charge in [-0.3, -0.25) is 9.48 Å². The summed E-state index contributed by atoms with van der Waals surface area (Å²) in [6.07, 6.45) is 0.496. The molecule has 0 saturated carbocycles. The SMILES string of the molecule is Cc1ccc(S(=O)(=O)N2CCc3c(c(CN(C(=O)c4ccccc4F)c4ccccc4)nn3C)C2)c(C)c1. The Morgan fingerprint density at radius 1 is 1.03 bits per heavy atom. The number of amides is 1. The quantitative estimate of drug-likeness (QED) is 0.359. The zero-order valence-electron chi connectivity index (χ0n) is 21.6. The number of hydrogen-bond donors (Lipinski definition) is 0. The van der Waals surface area contributed by atoms with Crippen LogP contribution in [0.2, 0.25) is 0 Å². The molecule has 196 valence electrons. The van der Waals surface area contributed by atoms with Gasteiger partial charge in [-0.25, -0.2) is 12.8 Å². The second-order valence-electron chi connectivity index (χ2n) is 9.56. The molecule has 0 bridgehead atoms. The first kappa shape index (κ1) is 25.8. The summed E-state index contributed by atoms with van der Waals surface area (Å²) in [4.78, 5) is 15.3. The predicted octanol–water partition coefficient (Wildman–Crippen LogP) is 4.77. The van der Waals surface area contributed by atoms with Gasteiger partial charge in [0.25, 0.3) is 5.91 Å². The standard InChI is InChI=1S/C29H29FN4O3S/c1-20-13-14-28(21(2)17-20)38(36,37)33-16-15-27-24(18-33)26(31-32(27)3)19-34(22-9-5-4-6-10-22)29(35)23-11-7-8-12-25(23)30/h4-14,17H,15-16,18-19H2,1-3H3. The number of halogens is 1. The molecule has 1 aliphatic rings. The van der Waals surface area contributed by atoms with Gasteiger partial charge in [0.05, 0.1) is 22.7 Å². The lowest BCUT2D eigenvalue weighted by molar-refractivity contribution is 0.0980. The predicted molar refractivity (Wildman–Crippen MR) is 144 cm³/mol. The summed E-state index contributed by atoms with van der Waals surface area (Å²) in [5.41, 5.74) is 4.53. The maximum Gasteiger partial charge on any atom is 0.261 e. The lowest BCUT2D eigenvalue weighted by Crippen LogP contribution is -2.37. The molecule has 7 nitrogen and oxygen atoms in total. The van der Waals surface area contributed by atoms with E-state index in [-0.39, 0.29) is 23.5 Å². The van der Waals surface area contributed by atoms with Crippen LogP contribution in [-0.2, 0) is 36.6 Å². The van der Waals surface area contributed by atoms with Gasteiger partial charge in [0.2, 0.25) is 10.0 Å². The van der Waals surface area contributed by atoms with Crippen molar-refractivity contribution in [3.05, 3.63) is 112 Å². The molecule has 0 N–H and O–H groups in total. The zero-order chi connectivity index (χ0) is 27.0. The van der Waals surface area contributed by atoms with E-state index < -0.39 is 21.7 Å². The first-order valence-electron chi connectivity index (χ1n) is 12.4. The van der Waals surface area contributed by atoms with E-state index in [4.69, 9.17) is 0 Å². The molecule has 9 heteroatoms. The van der Waals surface area contributed by atoms with Crippen molar-refractivity contribution in [3.63, 3.8) is 0 Å². The molecule has 1 aliphatic heterocycles. The summed E-state index contributed by atoms with van der Waals surface area (Å²) >= 11 is 0. The second kappa shape index (κ2) is 10.2. The first-order valence-corrected chi connectivity index (χ1v) is 13.8. The Hall–Kier alpha value is -3.82. The minimum Gasteiger partial charge on any atom is -0.302 e. The average molecular weight is 533 g/mol. The van der Waals surface area contributed by atoms with E-state index in [1.54, 1.807) is 48.0 Å². The number of hydrogen-bond acceptors (Lipinski definition) is 4. The number of aromatic nitrogens is 2. The Kier molecular flexibility index (Phi) is 6.90. The molecule has 3 aromatic carbocycles. The summed E-state index contributed by atoms with van der Waals surface area (Å²) in [6.45, 7) is 4.27. The zero-order valence-corrected chi connectivity index (χ0v) is 22.4. The van der Waals surface area contributed by atoms with Crippen molar-refractivity contribution in [1.82, 2.24) is 14.1 Å². The topological polar surface area (TPSA) is 75.5 Å². The van der Waals surface area contributed by atoms with Crippen molar-refractivity contribution in [1.29, 1.82) is 0 Å². The van der Waals surface area contributed by atoms with Gasteiger partial charge in [0.1, 0.15) is 5.82 Å². The highest BCUT2D eigenvalue weighted by atomic mass is 32.2. The number of benzene rings is 3. The molecule has 4 aromatic rings. The smallest absolute Gasteiger partial charge is 0.261 e. The highest BCUT2D eigenvalue weighted by molar-refractivity contribution is 7.89. The number of sulfonamides is 1.